The lowest BCUT2D eigenvalue weighted by Gasteiger charge is -2.18. The van der Waals surface area contributed by atoms with Crippen LogP contribution in [0.25, 0.3) is 0 Å². The number of aliphatic carboxylic acids is 1. The van der Waals surface area contributed by atoms with Gasteiger partial charge >= 0.3 is 5.97 Å². The molecule has 1 aromatic heterocycles. The van der Waals surface area contributed by atoms with E-state index in [0.29, 0.717) is 12.5 Å². The van der Waals surface area contributed by atoms with Crippen molar-refractivity contribution in [1.82, 2.24) is 9.55 Å². The molecule has 0 radical (unpaired) electrons. The smallest absolute Gasteiger partial charge is 0.303 e. The van der Waals surface area contributed by atoms with Crippen molar-refractivity contribution in [2.45, 2.75) is 109 Å². The van der Waals surface area contributed by atoms with Crippen LogP contribution in [0.3, 0.4) is 0 Å². The maximum atomic E-state index is 10.4. The number of aromatic nitrogens is 2. The van der Waals surface area contributed by atoms with Gasteiger partial charge in [-0.15, -0.1) is 0 Å². The summed E-state index contributed by atoms with van der Waals surface area (Å²) in [4.78, 5) is 14.6. The Labute approximate surface area is 154 Å². The van der Waals surface area contributed by atoms with Crippen molar-refractivity contribution in [3.63, 3.8) is 0 Å². The highest BCUT2D eigenvalue weighted by atomic mass is 16.4. The van der Waals surface area contributed by atoms with Crippen LogP contribution in [0.15, 0.2) is 18.7 Å². The minimum atomic E-state index is -0.662. The van der Waals surface area contributed by atoms with Crippen molar-refractivity contribution in [3.05, 3.63) is 18.7 Å². The monoisotopic (exact) mass is 350 g/mol. The second kappa shape index (κ2) is 15.0. The minimum Gasteiger partial charge on any atom is -0.481 e. The third-order valence-electron chi connectivity index (χ3n) is 5.02. The van der Waals surface area contributed by atoms with E-state index in [1.54, 1.807) is 0 Å². The largest absolute Gasteiger partial charge is 0.481 e. The van der Waals surface area contributed by atoms with Crippen LogP contribution < -0.4 is 0 Å². The van der Waals surface area contributed by atoms with E-state index < -0.39 is 5.97 Å². The zero-order chi connectivity index (χ0) is 18.2. The summed E-state index contributed by atoms with van der Waals surface area (Å²) in [7, 11) is 0. The predicted molar refractivity (Wildman–Crippen MR) is 104 cm³/mol. The van der Waals surface area contributed by atoms with Crippen molar-refractivity contribution in [1.29, 1.82) is 0 Å². The number of carboxylic acids is 1. The number of carbonyl (C=O) groups is 1. The summed E-state index contributed by atoms with van der Waals surface area (Å²) < 4.78 is 2.29. The summed E-state index contributed by atoms with van der Waals surface area (Å²) >= 11 is 0. The van der Waals surface area contributed by atoms with Gasteiger partial charge in [-0.25, -0.2) is 4.98 Å². The van der Waals surface area contributed by atoms with Crippen LogP contribution in [-0.4, -0.2) is 20.6 Å². The molecule has 0 aliphatic carbocycles. The lowest BCUT2D eigenvalue weighted by Crippen LogP contribution is -2.07. The maximum absolute atomic E-state index is 10.4. The van der Waals surface area contributed by atoms with E-state index in [1.807, 2.05) is 12.5 Å². The topological polar surface area (TPSA) is 55.1 Å². The molecule has 25 heavy (non-hydrogen) atoms. The Bertz CT molecular complexity index is 418. The third-order valence-corrected chi connectivity index (χ3v) is 5.02. The lowest BCUT2D eigenvalue weighted by molar-refractivity contribution is -0.137. The number of hydrogen-bond donors (Lipinski definition) is 1. The van der Waals surface area contributed by atoms with Crippen molar-refractivity contribution in [2.75, 3.05) is 0 Å². The van der Waals surface area contributed by atoms with Gasteiger partial charge < -0.3 is 9.67 Å². The van der Waals surface area contributed by atoms with Crippen molar-refractivity contribution in [2.24, 2.45) is 0 Å². The highest BCUT2D eigenvalue weighted by Gasteiger charge is 2.09. The average Bonchev–Trinajstić information content (AvgIpc) is 3.12. The van der Waals surface area contributed by atoms with Gasteiger partial charge in [-0.1, -0.05) is 77.6 Å². The number of nitrogens with zero attached hydrogens (tertiary/aromatic N) is 2. The molecule has 0 bridgehead atoms. The van der Waals surface area contributed by atoms with Gasteiger partial charge in [0, 0.05) is 24.9 Å². The van der Waals surface area contributed by atoms with Gasteiger partial charge in [0.05, 0.1) is 6.33 Å². The van der Waals surface area contributed by atoms with Crippen LogP contribution in [0, 0.1) is 0 Å². The average molecular weight is 351 g/mol. The fourth-order valence-corrected chi connectivity index (χ4v) is 3.44. The first-order chi connectivity index (χ1) is 12.2. The Morgan fingerprint density at radius 1 is 0.920 bits per heavy atom. The molecule has 1 aromatic rings. The van der Waals surface area contributed by atoms with Crippen molar-refractivity contribution < 1.29 is 9.90 Å². The fourth-order valence-electron chi connectivity index (χ4n) is 3.44. The number of carboxylic acid groups (broad SMARTS) is 1. The Hall–Kier alpha value is -1.32. The molecule has 0 saturated carbocycles. The van der Waals surface area contributed by atoms with Crippen LogP contribution in [-0.2, 0) is 4.79 Å². The first-order valence-corrected chi connectivity index (χ1v) is 10.4. The summed E-state index contributed by atoms with van der Waals surface area (Å²) in [6.07, 6.45) is 23.8. The summed E-state index contributed by atoms with van der Waals surface area (Å²) in [5, 5.41) is 8.58. The molecule has 4 nitrogen and oxygen atoms in total. The number of hydrogen-bond acceptors (Lipinski definition) is 2. The fraction of sp³-hybridized carbons (Fsp3) is 0.810. The molecule has 4 heteroatoms. The second-order valence-corrected chi connectivity index (χ2v) is 7.27. The summed E-state index contributed by atoms with van der Waals surface area (Å²) in [6, 6.07) is 0.633. The Balaban J connectivity index is 1.94. The molecule has 0 amide bonds. The minimum absolute atomic E-state index is 0.332. The Morgan fingerprint density at radius 2 is 1.48 bits per heavy atom. The van der Waals surface area contributed by atoms with E-state index in [4.69, 9.17) is 5.11 Å². The molecule has 0 saturated heterocycles. The van der Waals surface area contributed by atoms with E-state index in [0.717, 1.165) is 12.8 Å². The number of imidazole rings is 1. The van der Waals surface area contributed by atoms with E-state index in [2.05, 4.69) is 22.7 Å². The molecule has 0 aromatic carbocycles. The third kappa shape index (κ3) is 11.8. The predicted octanol–water partition coefficient (Wildman–Crippen LogP) is 6.38. The highest BCUT2D eigenvalue weighted by molar-refractivity contribution is 5.66. The molecule has 1 N–H and O–H groups in total. The van der Waals surface area contributed by atoms with Gasteiger partial charge in [0.2, 0.25) is 0 Å². The van der Waals surface area contributed by atoms with E-state index in [9.17, 15) is 4.79 Å². The molecular formula is C21H38N2O2. The molecule has 1 rings (SSSR count). The Morgan fingerprint density at radius 3 is 2.00 bits per heavy atom. The van der Waals surface area contributed by atoms with Gasteiger partial charge in [0.1, 0.15) is 0 Å². The summed E-state index contributed by atoms with van der Waals surface area (Å²) in [5.74, 6) is -0.662. The number of unbranched alkanes of at least 4 members (excludes halogenated alkanes) is 10. The van der Waals surface area contributed by atoms with E-state index in [-0.39, 0.29) is 0 Å². The van der Waals surface area contributed by atoms with Crippen molar-refractivity contribution >= 4 is 5.97 Å². The van der Waals surface area contributed by atoms with Crippen LogP contribution in [0.1, 0.15) is 109 Å². The number of rotatable bonds is 17. The normalized spacial score (nSPS) is 12.4. The molecule has 1 atom stereocenters. The summed E-state index contributed by atoms with van der Waals surface area (Å²) in [6.45, 7) is 2.26. The highest BCUT2D eigenvalue weighted by Crippen LogP contribution is 2.22. The van der Waals surface area contributed by atoms with Gasteiger partial charge in [-0.05, 0) is 19.3 Å². The SMILES string of the molecule is CCCCC(CCCCCCCCCCCCC(=O)O)n1ccnc1. The zero-order valence-electron chi connectivity index (χ0n) is 16.2. The van der Waals surface area contributed by atoms with E-state index in [1.165, 1.54) is 77.0 Å². The molecular weight excluding hydrogens is 312 g/mol. The van der Waals surface area contributed by atoms with E-state index >= 15 is 0 Å². The first-order valence-electron chi connectivity index (χ1n) is 10.4. The van der Waals surface area contributed by atoms with Gasteiger partial charge in [-0.2, -0.15) is 0 Å². The molecule has 0 fully saturated rings. The Kier molecular flexibility index (Phi) is 13.0. The first kappa shape index (κ1) is 21.7. The molecule has 1 unspecified atom stereocenters. The van der Waals surface area contributed by atoms with Gasteiger partial charge in [-0.3, -0.25) is 4.79 Å². The van der Waals surface area contributed by atoms with Crippen LogP contribution in [0.2, 0.25) is 0 Å². The molecule has 1 heterocycles. The molecule has 0 aliphatic rings. The standard InChI is InChI=1S/C21H38N2O2/c1-2-3-14-20(23-18-17-22-19-23)15-12-10-8-6-4-5-7-9-11-13-16-21(24)25/h17-20H,2-16H2,1H3,(H,24,25). The van der Waals surface area contributed by atoms with Crippen LogP contribution in [0.5, 0.6) is 0 Å². The van der Waals surface area contributed by atoms with Crippen LogP contribution >= 0.6 is 0 Å². The molecule has 0 spiro atoms. The van der Waals surface area contributed by atoms with Gasteiger partial charge in [0.25, 0.3) is 0 Å². The van der Waals surface area contributed by atoms with Crippen LogP contribution in [0.4, 0.5) is 0 Å². The maximum Gasteiger partial charge on any atom is 0.303 e. The zero-order valence-corrected chi connectivity index (χ0v) is 16.2. The van der Waals surface area contributed by atoms with Crippen molar-refractivity contribution in [3.8, 4) is 0 Å². The quantitative estimate of drug-likeness (QED) is 0.332. The molecule has 0 aliphatic heterocycles. The molecule has 144 valence electrons. The second-order valence-electron chi connectivity index (χ2n) is 7.27. The summed E-state index contributed by atoms with van der Waals surface area (Å²) in [5.41, 5.74) is 0. The van der Waals surface area contributed by atoms with Gasteiger partial charge in [0.15, 0.2) is 0 Å². The lowest BCUT2D eigenvalue weighted by atomic mass is 10.0.